The van der Waals surface area contributed by atoms with E-state index in [9.17, 15) is 14.4 Å². The number of benzene rings is 3. The Morgan fingerprint density at radius 1 is 0.966 bits per heavy atom. The lowest BCUT2D eigenvalue weighted by molar-refractivity contribution is -0.124. The van der Waals surface area contributed by atoms with E-state index < -0.39 is 24.5 Å². The molecule has 0 spiro atoms. The van der Waals surface area contributed by atoms with Gasteiger partial charge in [0, 0.05) is 5.69 Å². The molecule has 0 saturated carbocycles. The van der Waals surface area contributed by atoms with Crippen LogP contribution in [0.5, 0.6) is 0 Å². The van der Waals surface area contributed by atoms with E-state index >= 15 is 0 Å². The maximum absolute atomic E-state index is 12.2. The monoisotopic (exact) mass is 391 g/mol. The van der Waals surface area contributed by atoms with Gasteiger partial charge < -0.3 is 21.1 Å². The van der Waals surface area contributed by atoms with Crippen molar-refractivity contribution in [3.8, 4) is 0 Å². The molecule has 0 bridgehead atoms. The van der Waals surface area contributed by atoms with Gasteiger partial charge in [0.25, 0.3) is 5.91 Å². The first-order chi connectivity index (χ1) is 13.9. The first-order valence-corrected chi connectivity index (χ1v) is 9.04. The third-order valence-corrected chi connectivity index (χ3v) is 4.39. The van der Waals surface area contributed by atoms with Crippen LogP contribution in [-0.2, 0) is 9.53 Å². The lowest BCUT2D eigenvalue weighted by atomic mass is 10.00. The van der Waals surface area contributed by atoms with E-state index in [1.54, 1.807) is 0 Å². The molecule has 3 amide bonds. The number of amides is 3. The van der Waals surface area contributed by atoms with Crippen molar-refractivity contribution in [1.82, 2.24) is 5.32 Å². The summed E-state index contributed by atoms with van der Waals surface area (Å²) in [5.74, 6) is -1.03. The number of anilines is 1. The van der Waals surface area contributed by atoms with Crippen molar-refractivity contribution < 1.29 is 19.1 Å². The predicted octanol–water partition coefficient (Wildman–Crippen LogP) is 3.36. The van der Waals surface area contributed by atoms with Gasteiger partial charge >= 0.3 is 12.0 Å². The summed E-state index contributed by atoms with van der Waals surface area (Å²) in [6.45, 7) is 1.49. The van der Waals surface area contributed by atoms with Gasteiger partial charge in [-0.3, -0.25) is 4.79 Å². The van der Waals surface area contributed by atoms with Crippen LogP contribution in [0.25, 0.3) is 10.8 Å². The third kappa shape index (κ3) is 5.10. The third-order valence-electron chi connectivity index (χ3n) is 4.39. The van der Waals surface area contributed by atoms with Crippen LogP contribution in [0, 0.1) is 0 Å². The molecule has 7 nitrogen and oxygen atoms in total. The van der Waals surface area contributed by atoms with E-state index in [1.165, 1.54) is 24.3 Å². The molecule has 1 atom stereocenters. The van der Waals surface area contributed by atoms with Crippen LogP contribution >= 0.6 is 0 Å². The summed E-state index contributed by atoms with van der Waals surface area (Å²) in [4.78, 5) is 35.1. The molecule has 3 aromatic carbocycles. The molecule has 0 aliphatic heterocycles. The van der Waals surface area contributed by atoms with Crippen LogP contribution in [-0.4, -0.2) is 24.5 Å². The van der Waals surface area contributed by atoms with Crippen LogP contribution in [0.4, 0.5) is 10.5 Å². The van der Waals surface area contributed by atoms with Crippen molar-refractivity contribution in [3.63, 3.8) is 0 Å². The molecule has 0 fully saturated rings. The molecule has 0 aliphatic carbocycles. The molecule has 0 aliphatic rings. The first-order valence-electron chi connectivity index (χ1n) is 9.04. The van der Waals surface area contributed by atoms with Gasteiger partial charge in [-0.25, -0.2) is 9.59 Å². The molecular formula is C22H21N3O4. The lowest BCUT2D eigenvalue weighted by Crippen LogP contribution is -2.31. The zero-order valence-electron chi connectivity index (χ0n) is 15.8. The summed E-state index contributed by atoms with van der Waals surface area (Å²) >= 11 is 0. The molecule has 29 heavy (non-hydrogen) atoms. The second-order valence-electron chi connectivity index (χ2n) is 6.50. The van der Waals surface area contributed by atoms with Crippen molar-refractivity contribution in [2.24, 2.45) is 5.73 Å². The molecule has 3 rings (SSSR count). The van der Waals surface area contributed by atoms with Crippen LogP contribution in [0.2, 0.25) is 0 Å². The fourth-order valence-electron chi connectivity index (χ4n) is 3.04. The number of esters is 1. The summed E-state index contributed by atoms with van der Waals surface area (Å²) in [6, 6.07) is 18.9. The van der Waals surface area contributed by atoms with E-state index in [2.05, 4.69) is 10.6 Å². The number of rotatable bonds is 6. The van der Waals surface area contributed by atoms with Crippen LogP contribution < -0.4 is 16.4 Å². The fourth-order valence-corrected chi connectivity index (χ4v) is 3.04. The standard InChI is InChI=1S/C22H21N3O4/c1-14(18-8-4-6-15-5-2-3-7-19(15)18)24-20(26)13-29-21(27)16-9-11-17(12-10-16)25-22(23)28/h2-12,14H,13H2,1H3,(H,24,26)(H3,23,25,28). The van der Waals surface area contributed by atoms with E-state index in [-0.39, 0.29) is 11.6 Å². The number of nitrogens with two attached hydrogens (primary N) is 1. The van der Waals surface area contributed by atoms with Crippen molar-refractivity contribution in [2.75, 3.05) is 11.9 Å². The van der Waals surface area contributed by atoms with Gasteiger partial charge in [-0.15, -0.1) is 0 Å². The Labute approximate surface area is 167 Å². The minimum absolute atomic E-state index is 0.244. The number of carbonyl (C=O) groups is 3. The number of hydrogen-bond acceptors (Lipinski definition) is 4. The van der Waals surface area contributed by atoms with Gasteiger partial charge in [0.05, 0.1) is 11.6 Å². The smallest absolute Gasteiger partial charge is 0.338 e. The van der Waals surface area contributed by atoms with Gasteiger partial charge in [0.15, 0.2) is 6.61 Å². The highest BCUT2D eigenvalue weighted by atomic mass is 16.5. The van der Waals surface area contributed by atoms with Crippen LogP contribution in [0.1, 0.15) is 28.9 Å². The summed E-state index contributed by atoms with van der Waals surface area (Å²) < 4.78 is 5.07. The zero-order chi connectivity index (χ0) is 20.8. The summed E-state index contributed by atoms with van der Waals surface area (Å²) in [6.07, 6.45) is 0. The Morgan fingerprint density at radius 2 is 1.66 bits per heavy atom. The van der Waals surface area contributed by atoms with Gasteiger partial charge in [-0.2, -0.15) is 0 Å². The number of carbonyl (C=O) groups excluding carboxylic acids is 3. The number of fused-ring (bicyclic) bond motifs is 1. The minimum atomic E-state index is -0.697. The Hall–Kier alpha value is -3.87. The van der Waals surface area contributed by atoms with Crippen LogP contribution in [0.3, 0.4) is 0 Å². The molecule has 0 saturated heterocycles. The molecule has 7 heteroatoms. The second kappa shape index (κ2) is 8.88. The number of hydrogen-bond donors (Lipinski definition) is 3. The van der Waals surface area contributed by atoms with Gasteiger partial charge in [-0.1, -0.05) is 42.5 Å². The summed E-state index contributed by atoms with van der Waals surface area (Å²) in [5.41, 5.74) is 6.73. The molecule has 1 unspecified atom stereocenters. The average Bonchev–Trinajstić information content (AvgIpc) is 2.71. The molecule has 0 aromatic heterocycles. The lowest BCUT2D eigenvalue weighted by Gasteiger charge is -2.16. The zero-order valence-corrected chi connectivity index (χ0v) is 15.8. The topological polar surface area (TPSA) is 111 Å². The Morgan fingerprint density at radius 3 is 2.38 bits per heavy atom. The number of nitrogens with one attached hydrogen (secondary N) is 2. The normalized spacial score (nSPS) is 11.5. The van der Waals surface area contributed by atoms with E-state index in [4.69, 9.17) is 10.5 Å². The maximum atomic E-state index is 12.2. The molecular weight excluding hydrogens is 370 g/mol. The summed E-state index contributed by atoms with van der Waals surface area (Å²) in [5, 5.41) is 7.39. The van der Waals surface area contributed by atoms with Crippen molar-refractivity contribution in [3.05, 3.63) is 77.9 Å². The molecule has 4 N–H and O–H groups in total. The van der Waals surface area contributed by atoms with Crippen LogP contribution in [0.15, 0.2) is 66.7 Å². The Kier molecular flexibility index (Phi) is 6.09. The Balaban J connectivity index is 1.56. The van der Waals surface area contributed by atoms with Crippen molar-refractivity contribution in [2.45, 2.75) is 13.0 Å². The molecule has 148 valence electrons. The first kappa shape index (κ1) is 19.9. The quantitative estimate of drug-likeness (QED) is 0.560. The second-order valence-corrected chi connectivity index (χ2v) is 6.50. The molecule has 0 heterocycles. The highest BCUT2D eigenvalue weighted by Gasteiger charge is 2.15. The Bertz CT molecular complexity index is 1040. The SMILES string of the molecule is CC(NC(=O)COC(=O)c1ccc(NC(N)=O)cc1)c1cccc2ccccc12. The number of primary amides is 1. The molecule has 3 aromatic rings. The van der Waals surface area contributed by atoms with Gasteiger partial charge in [0.2, 0.25) is 0 Å². The van der Waals surface area contributed by atoms with Crippen molar-refractivity contribution >= 4 is 34.4 Å². The molecule has 0 radical (unpaired) electrons. The highest BCUT2D eigenvalue weighted by molar-refractivity contribution is 5.93. The largest absolute Gasteiger partial charge is 0.452 e. The van der Waals surface area contributed by atoms with Gasteiger partial charge in [0.1, 0.15) is 0 Å². The maximum Gasteiger partial charge on any atom is 0.338 e. The fraction of sp³-hybridized carbons (Fsp3) is 0.136. The predicted molar refractivity (Wildman–Crippen MR) is 110 cm³/mol. The average molecular weight is 391 g/mol. The van der Waals surface area contributed by atoms with E-state index in [0.29, 0.717) is 5.69 Å². The highest BCUT2D eigenvalue weighted by Crippen LogP contribution is 2.24. The number of ether oxygens (including phenoxy) is 1. The van der Waals surface area contributed by atoms with Gasteiger partial charge in [-0.05, 0) is 47.5 Å². The minimum Gasteiger partial charge on any atom is -0.452 e. The van der Waals surface area contributed by atoms with E-state index in [0.717, 1.165) is 16.3 Å². The summed E-state index contributed by atoms with van der Waals surface area (Å²) in [7, 11) is 0. The van der Waals surface area contributed by atoms with Crippen molar-refractivity contribution in [1.29, 1.82) is 0 Å². The van der Waals surface area contributed by atoms with E-state index in [1.807, 2.05) is 49.4 Å². The number of urea groups is 1.